The minimum Gasteiger partial charge on any atom is -0.366 e. The molecule has 2 aromatic heterocycles. The Morgan fingerprint density at radius 2 is 2.05 bits per heavy atom. The van der Waals surface area contributed by atoms with Gasteiger partial charge in [0.1, 0.15) is 4.83 Å². The lowest BCUT2D eigenvalue weighted by molar-refractivity contribution is 0.100. The number of carbonyl (C=O) groups is 1. The molecule has 0 radical (unpaired) electrons. The average molecular weight is 313 g/mol. The predicted octanol–water partition coefficient (Wildman–Crippen LogP) is 2.17. The molecule has 0 saturated heterocycles. The molecule has 0 aliphatic heterocycles. The Kier molecular flexibility index (Phi) is 3.77. The Hall–Kier alpha value is -2.47. The summed E-state index contributed by atoms with van der Waals surface area (Å²) in [5.74, 6) is -0.461. The number of thiophene rings is 1. The number of carbonyl (C=O) groups excluding carboxylic acids is 1. The number of aromatic nitrogens is 2. The van der Waals surface area contributed by atoms with Crippen LogP contribution in [-0.2, 0) is 13.0 Å². The highest BCUT2D eigenvalue weighted by molar-refractivity contribution is 7.18. The lowest BCUT2D eigenvalue weighted by atomic mass is 10.1. The van der Waals surface area contributed by atoms with E-state index in [0.29, 0.717) is 17.5 Å². The van der Waals surface area contributed by atoms with Gasteiger partial charge in [-0.15, -0.1) is 11.3 Å². The second kappa shape index (κ2) is 5.73. The van der Waals surface area contributed by atoms with E-state index in [4.69, 9.17) is 5.73 Å². The lowest BCUT2D eigenvalue weighted by Crippen LogP contribution is -2.20. The number of aryl methyl sites for hydroxylation is 1. The van der Waals surface area contributed by atoms with E-state index in [0.717, 1.165) is 21.7 Å². The number of hydrogen-bond acceptors (Lipinski definition) is 4. The first-order valence-corrected chi connectivity index (χ1v) is 7.76. The minimum absolute atomic E-state index is 0.0417. The molecule has 0 fully saturated rings. The fourth-order valence-electron chi connectivity index (χ4n) is 2.27. The van der Waals surface area contributed by atoms with Gasteiger partial charge in [0.25, 0.3) is 5.56 Å². The maximum atomic E-state index is 12.5. The molecule has 0 aliphatic rings. The third-order valence-electron chi connectivity index (χ3n) is 3.51. The highest BCUT2D eigenvalue weighted by Gasteiger charge is 2.09. The van der Waals surface area contributed by atoms with Crippen LogP contribution in [0.25, 0.3) is 10.2 Å². The Balaban J connectivity index is 1.95. The Labute approximate surface area is 131 Å². The van der Waals surface area contributed by atoms with E-state index in [1.54, 1.807) is 46.5 Å². The van der Waals surface area contributed by atoms with Crippen molar-refractivity contribution in [3.63, 3.8) is 0 Å². The molecule has 0 atom stereocenters. The van der Waals surface area contributed by atoms with Crippen molar-refractivity contribution in [1.82, 2.24) is 9.55 Å². The number of nitrogens with two attached hydrogens (primary N) is 1. The molecule has 3 rings (SSSR count). The summed E-state index contributed by atoms with van der Waals surface area (Å²) in [5, 5.41) is 0.665. The molecule has 1 aromatic carbocycles. The van der Waals surface area contributed by atoms with Crippen molar-refractivity contribution in [3.05, 3.63) is 63.0 Å². The van der Waals surface area contributed by atoms with Gasteiger partial charge in [-0.25, -0.2) is 4.98 Å². The first-order chi connectivity index (χ1) is 10.6. The zero-order valence-electron chi connectivity index (χ0n) is 12.1. The highest BCUT2D eigenvalue weighted by Crippen LogP contribution is 2.21. The van der Waals surface area contributed by atoms with Crippen LogP contribution in [0.3, 0.4) is 0 Å². The van der Waals surface area contributed by atoms with Gasteiger partial charge in [0, 0.05) is 10.4 Å². The number of amides is 1. The summed E-state index contributed by atoms with van der Waals surface area (Å²) >= 11 is 1.56. The van der Waals surface area contributed by atoms with Crippen molar-refractivity contribution in [1.29, 1.82) is 0 Å². The second-order valence-electron chi connectivity index (χ2n) is 5.02. The van der Waals surface area contributed by atoms with Gasteiger partial charge in [-0.3, -0.25) is 14.2 Å². The quantitative estimate of drug-likeness (QED) is 0.802. The zero-order chi connectivity index (χ0) is 15.7. The van der Waals surface area contributed by atoms with E-state index in [1.807, 2.05) is 6.07 Å². The first-order valence-electron chi connectivity index (χ1n) is 6.95. The minimum atomic E-state index is -0.461. The van der Waals surface area contributed by atoms with Crippen molar-refractivity contribution >= 4 is 27.5 Å². The number of nitrogens with zero attached hydrogens (tertiary/aromatic N) is 2. The molecule has 0 spiro atoms. The molecule has 0 bridgehead atoms. The maximum Gasteiger partial charge on any atom is 0.262 e. The molecule has 22 heavy (non-hydrogen) atoms. The fourth-order valence-corrected chi connectivity index (χ4v) is 3.19. The number of primary amides is 1. The van der Waals surface area contributed by atoms with Crippen LogP contribution in [0.5, 0.6) is 0 Å². The van der Waals surface area contributed by atoms with E-state index in [-0.39, 0.29) is 5.56 Å². The van der Waals surface area contributed by atoms with Crippen LogP contribution in [-0.4, -0.2) is 15.5 Å². The van der Waals surface area contributed by atoms with Crippen LogP contribution in [0.4, 0.5) is 0 Å². The Morgan fingerprint density at radius 1 is 1.32 bits per heavy atom. The largest absolute Gasteiger partial charge is 0.366 e. The highest BCUT2D eigenvalue weighted by atomic mass is 32.1. The lowest BCUT2D eigenvalue weighted by Gasteiger charge is -2.05. The van der Waals surface area contributed by atoms with Crippen LogP contribution in [0.15, 0.2) is 41.5 Å². The van der Waals surface area contributed by atoms with Gasteiger partial charge in [0.05, 0.1) is 18.3 Å². The summed E-state index contributed by atoms with van der Waals surface area (Å²) in [6.07, 6.45) is 2.47. The molecule has 5 nitrogen and oxygen atoms in total. The van der Waals surface area contributed by atoms with Crippen molar-refractivity contribution < 1.29 is 4.79 Å². The monoisotopic (exact) mass is 313 g/mol. The van der Waals surface area contributed by atoms with E-state index >= 15 is 0 Å². The summed E-state index contributed by atoms with van der Waals surface area (Å²) < 4.78 is 1.58. The summed E-state index contributed by atoms with van der Waals surface area (Å²) in [7, 11) is 0. The van der Waals surface area contributed by atoms with E-state index in [9.17, 15) is 9.59 Å². The SMILES string of the molecule is CCc1cc2c(=O)n(Cc3ccc(C(N)=O)cc3)cnc2s1. The van der Waals surface area contributed by atoms with Crippen LogP contribution < -0.4 is 11.3 Å². The molecular formula is C16H15N3O2S. The molecule has 1 amide bonds. The standard InChI is InChI=1S/C16H15N3O2S/c1-2-12-7-13-15(22-12)18-9-19(16(13)21)8-10-3-5-11(6-4-10)14(17)20/h3-7,9H,2,8H2,1H3,(H2,17,20). The summed E-state index contributed by atoms with van der Waals surface area (Å²) in [4.78, 5) is 29.8. The normalized spacial score (nSPS) is 11.0. The summed E-state index contributed by atoms with van der Waals surface area (Å²) in [6.45, 7) is 2.47. The summed E-state index contributed by atoms with van der Waals surface area (Å²) in [6, 6.07) is 8.83. The van der Waals surface area contributed by atoms with Crippen molar-refractivity contribution in [2.75, 3.05) is 0 Å². The van der Waals surface area contributed by atoms with Gasteiger partial charge in [0.2, 0.25) is 5.91 Å². The van der Waals surface area contributed by atoms with Crippen molar-refractivity contribution in [3.8, 4) is 0 Å². The number of hydrogen-bond donors (Lipinski definition) is 1. The fraction of sp³-hybridized carbons (Fsp3) is 0.188. The molecule has 3 aromatic rings. The van der Waals surface area contributed by atoms with Crippen molar-refractivity contribution in [2.45, 2.75) is 19.9 Å². The maximum absolute atomic E-state index is 12.5. The van der Waals surface area contributed by atoms with Gasteiger partial charge < -0.3 is 5.73 Å². The Morgan fingerprint density at radius 3 is 2.68 bits per heavy atom. The molecular weight excluding hydrogens is 298 g/mol. The Bertz CT molecular complexity index is 894. The second-order valence-corrected chi connectivity index (χ2v) is 6.14. The smallest absolute Gasteiger partial charge is 0.262 e. The zero-order valence-corrected chi connectivity index (χ0v) is 12.9. The molecule has 0 unspecified atom stereocenters. The van der Waals surface area contributed by atoms with Crippen LogP contribution in [0.1, 0.15) is 27.7 Å². The van der Waals surface area contributed by atoms with Crippen molar-refractivity contribution in [2.24, 2.45) is 5.73 Å². The summed E-state index contributed by atoms with van der Waals surface area (Å²) in [5.41, 5.74) is 6.54. The van der Waals surface area contributed by atoms with Gasteiger partial charge in [-0.05, 0) is 30.2 Å². The average Bonchev–Trinajstić information content (AvgIpc) is 2.95. The van der Waals surface area contributed by atoms with E-state index in [2.05, 4.69) is 11.9 Å². The van der Waals surface area contributed by atoms with Gasteiger partial charge in [-0.1, -0.05) is 19.1 Å². The molecule has 0 aliphatic carbocycles. The van der Waals surface area contributed by atoms with Gasteiger partial charge >= 0.3 is 0 Å². The molecule has 112 valence electrons. The number of benzene rings is 1. The molecule has 6 heteroatoms. The predicted molar refractivity (Wildman–Crippen MR) is 87.3 cm³/mol. The number of fused-ring (bicyclic) bond motifs is 1. The third-order valence-corrected chi connectivity index (χ3v) is 4.70. The van der Waals surface area contributed by atoms with Crippen LogP contribution in [0.2, 0.25) is 0 Å². The molecule has 2 heterocycles. The number of rotatable bonds is 4. The molecule has 2 N–H and O–H groups in total. The van der Waals surface area contributed by atoms with E-state index in [1.165, 1.54) is 0 Å². The van der Waals surface area contributed by atoms with Crippen LogP contribution in [0, 0.1) is 0 Å². The topological polar surface area (TPSA) is 78.0 Å². The van der Waals surface area contributed by atoms with Gasteiger partial charge in [-0.2, -0.15) is 0 Å². The molecule has 0 saturated carbocycles. The van der Waals surface area contributed by atoms with Crippen LogP contribution >= 0.6 is 11.3 Å². The third kappa shape index (κ3) is 2.65. The first kappa shape index (κ1) is 14.5. The van der Waals surface area contributed by atoms with Gasteiger partial charge in [0.15, 0.2) is 0 Å². The van der Waals surface area contributed by atoms with E-state index < -0.39 is 5.91 Å².